The summed E-state index contributed by atoms with van der Waals surface area (Å²) in [7, 11) is 0. The Bertz CT molecular complexity index is 645. The van der Waals surface area contributed by atoms with E-state index in [1.807, 2.05) is 25.1 Å². The quantitative estimate of drug-likeness (QED) is 0.842. The molecule has 6 heteroatoms. The maximum atomic E-state index is 12.1. The SMILES string of the molecule is Cc1cncc(C(=O)NCC(N)c2ccc(C(C)C)cc2)c1.Cl.Cl. The topological polar surface area (TPSA) is 68.0 Å². The number of nitrogens with one attached hydrogen (secondary N) is 1. The third kappa shape index (κ3) is 6.11. The second-order valence-corrected chi connectivity index (χ2v) is 5.89. The van der Waals surface area contributed by atoms with E-state index in [2.05, 4.69) is 36.3 Å². The number of aryl methyl sites for hydroxylation is 1. The van der Waals surface area contributed by atoms with Crippen LogP contribution in [0, 0.1) is 6.92 Å². The maximum absolute atomic E-state index is 12.1. The van der Waals surface area contributed by atoms with Crippen molar-refractivity contribution in [3.63, 3.8) is 0 Å². The van der Waals surface area contributed by atoms with Gasteiger partial charge in [-0.3, -0.25) is 9.78 Å². The molecule has 0 fully saturated rings. The number of hydrogen-bond donors (Lipinski definition) is 2. The summed E-state index contributed by atoms with van der Waals surface area (Å²) >= 11 is 0. The van der Waals surface area contributed by atoms with Gasteiger partial charge in [-0.1, -0.05) is 38.1 Å². The Hall–Kier alpha value is -1.62. The molecule has 0 aliphatic carbocycles. The van der Waals surface area contributed by atoms with Gasteiger partial charge in [-0.25, -0.2) is 0 Å². The van der Waals surface area contributed by atoms with E-state index in [-0.39, 0.29) is 36.8 Å². The number of amides is 1. The predicted molar refractivity (Wildman–Crippen MR) is 103 cm³/mol. The van der Waals surface area contributed by atoms with Gasteiger partial charge >= 0.3 is 0 Å². The smallest absolute Gasteiger partial charge is 0.252 e. The van der Waals surface area contributed by atoms with Crippen molar-refractivity contribution in [3.8, 4) is 0 Å². The minimum absolute atomic E-state index is 0. The number of halogens is 2. The van der Waals surface area contributed by atoms with Crippen molar-refractivity contribution in [2.24, 2.45) is 5.73 Å². The molecular formula is C18H25Cl2N3O. The molecule has 3 N–H and O–H groups in total. The van der Waals surface area contributed by atoms with Crippen LogP contribution >= 0.6 is 24.8 Å². The van der Waals surface area contributed by atoms with Crippen molar-refractivity contribution < 1.29 is 4.79 Å². The number of carbonyl (C=O) groups excluding carboxylic acids is 1. The highest BCUT2D eigenvalue weighted by Crippen LogP contribution is 2.17. The fraction of sp³-hybridized carbons (Fsp3) is 0.333. The lowest BCUT2D eigenvalue weighted by molar-refractivity contribution is 0.0950. The summed E-state index contributed by atoms with van der Waals surface area (Å²) in [4.78, 5) is 16.1. The zero-order valence-electron chi connectivity index (χ0n) is 14.2. The van der Waals surface area contributed by atoms with E-state index in [4.69, 9.17) is 5.73 Å². The van der Waals surface area contributed by atoms with E-state index in [1.54, 1.807) is 12.4 Å². The summed E-state index contributed by atoms with van der Waals surface area (Å²) < 4.78 is 0. The van der Waals surface area contributed by atoms with Crippen molar-refractivity contribution in [2.45, 2.75) is 32.7 Å². The average Bonchev–Trinajstić information content (AvgIpc) is 2.52. The summed E-state index contributed by atoms with van der Waals surface area (Å²) in [6.07, 6.45) is 3.28. The van der Waals surface area contributed by atoms with Gasteiger partial charge in [0.2, 0.25) is 0 Å². The molecule has 0 aliphatic rings. The number of nitrogens with two attached hydrogens (primary N) is 1. The fourth-order valence-corrected chi connectivity index (χ4v) is 2.23. The molecule has 0 bridgehead atoms. The van der Waals surface area contributed by atoms with Crippen LogP contribution < -0.4 is 11.1 Å². The molecular weight excluding hydrogens is 345 g/mol. The lowest BCUT2D eigenvalue weighted by Gasteiger charge is -2.14. The summed E-state index contributed by atoms with van der Waals surface area (Å²) in [5.74, 6) is 0.351. The fourth-order valence-electron chi connectivity index (χ4n) is 2.23. The Morgan fingerprint density at radius 3 is 2.25 bits per heavy atom. The molecule has 132 valence electrons. The first kappa shape index (κ1) is 22.4. The minimum Gasteiger partial charge on any atom is -0.350 e. The normalized spacial score (nSPS) is 11.2. The summed E-state index contributed by atoms with van der Waals surface area (Å²) in [6, 6.07) is 9.83. The number of aromatic nitrogens is 1. The van der Waals surface area contributed by atoms with Gasteiger partial charge in [0.1, 0.15) is 0 Å². The van der Waals surface area contributed by atoms with Crippen molar-refractivity contribution in [1.82, 2.24) is 10.3 Å². The van der Waals surface area contributed by atoms with E-state index in [0.29, 0.717) is 18.0 Å². The molecule has 1 aromatic heterocycles. The third-order valence-electron chi connectivity index (χ3n) is 3.65. The molecule has 0 radical (unpaired) electrons. The van der Waals surface area contributed by atoms with E-state index in [9.17, 15) is 4.79 Å². The summed E-state index contributed by atoms with van der Waals surface area (Å²) in [6.45, 7) is 6.62. The van der Waals surface area contributed by atoms with Gasteiger partial charge in [0.05, 0.1) is 5.56 Å². The number of benzene rings is 1. The highest BCUT2D eigenvalue weighted by atomic mass is 35.5. The Labute approximate surface area is 156 Å². The lowest BCUT2D eigenvalue weighted by atomic mass is 9.99. The Morgan fingerprint density at radius 2 is 1.71 bits per heavy atom. The van der Waals surface area contributed by atoms with Crippen LogP contribution in [0.4, 0.5) is 0 Å². The Morgan fingerprint density at radius 1 is 1.12 bits per heavy atom. The Balaban J connectivity index is 0.00000264. The number of rotatable bonds is 5. The Kier molecular flexibility index (Phi) is 9.59. The van der Waals surface area contributed by atoms with Crippen LogP contribution in [0.2, 0.25) is 0 Å². The number of nitrogens with zero attached hydrogens (tertiary/aromatic N) is 1. The van der Waals surface area contributed by atoms with Crippen molar-refractivity contribution >= 4 is 30.7 Å². The second kappa shape index (κ2) is 10.3. The monoisotopic (exact) mass is 369 g/mol. The van der Waals surface area contributed by atoms with Crippen LogP contribution in [0.1, 0.15) is 52.9 Å². The molecule has 1 amide bonds. The molecule has 1 unspecified atom stereocenters. The minimum atomic E-state index is -0.220. The molecule has 2 aromatic rings. The largest absolute Gasteiger partial charge is 0.350 e. The van der Waals surface area contributed by atoms with Gasteiger partial charge in [0, 0.05) is 25.0 Å². The first-order valence-electron chi connectivity index (χ1n) is 7.52. The van der Waals surface area contributed by atoms with Crippen LogP contribution in [-0.2, 0) is 0 Å². The molecule has 0 aliphatic heterocycles. The third-order valence-corrected chi connectivity index (χ3v) is 3.65. The number of hydrogen-bond acceptors (Lipinski definition) is 3. The number of carbonyl (C=O) groups is 1. The zero-order chi connectivity index (χ0) is 16.1. The molecule has 0 saturated heterocycles. The molecule has 1 aromatic carbocycles. The second-order valence-electron chi connectivity index (χ2n) is 5.89. The number of pyridine rings is 1. The molecule has 24 heavy (non-hydrogen) atoms. The van der Waals surface area contributed by atoms with Crippen molar-refractivity contribution in [2.75, 3.05) is 6.54 Å². The first-order valence-corrected chi connectivity index (χ1v) is 7.52. The maximum Gasteiger partial charge on any atom is 0.252 e. The molecule has 0 spiro atoms. The van der Waals surface area contributed by atoms with Crippen molar-refractivity contribution in [3.05, 3.63) is 65.0 Å². The lowest BCUT2D eigenvalue weighted by Crippen LogP contribution is -2.32. The molecule has 0 saturated carbocycles. The molecule has 2 rings (SSSR count). The van der Waals surface area contributed by atoms with E-state index >= 15 is 0 Å². The molecule has 4 nitrogen and oxygen atoms in total. The van der Waals surface area contributed by atoms with Gasteiger partial charge in [-0.15, -0.1) is 24.8 Å². The van der Waals surface area contributed by atoms with Crippen molar-refractivity contribution in [1.29, 1.82) is 0 Å². The standard InChI is InChI=1S/C18H23N3O.2ClH/c1-12(2)14-4-6-15(7-5-14)17(19)11-21-18(22)16-8-13(3)9-20-10-16;;/h4-10,12,17H,11,19H2,1-3H3,(H,21,22);2*1H. The van der Waals surface area contributed by atoms with Crippen LogP contribution in [-0.4, -0.2) is 17.4 Å². The molecule has 1 atom stereocenters. The summed E-state index contributed by atoms with van der Waals surface area (Å²) in [5.41, 5.74) is 9.97. The van der Waals surface area contributed by atoms with Crippen LogP contribution in [0.3, 0.4) is 0 Å². The highest BCUT2D eigenvalue weighted by Gasteiger charge is 2.10. The van der Waals surface area contributed by atoms with Gasteiger partial charge in [-0.05, 0) is 35.6 Å². The summed E-state index contributed by atoms with van der Waals surface area (Å²) in [5, 5.41) is 2.86. The van der Waals surface area contributed by atoms with Gasteiger partial charge in [0.15, 0.2) is 0 Å². The van der Waals surface area contributed by atoms with Crippen LogP contribution in [0.5, 0.6) is 0 Å². The zero-order valence-corrected chi connectivity index (χ0v) is 15.8. The van der Waals surface area contributed by atoms with E-state index in [0.717, 1.165) is 11.1 Å². The van der Waals surface area contributed by atoms with Gasteiger partial charge in [-0.2, -0.15) is 0 Å². The average molecular weight is 370 g/mol. The van der Waals surface area contributed by atoms with E-state index in [1.165, 1.54) is 5.56 Å². The van der Waals surface area contributed by atoms with Gasteiger partial charge < -0.3 is 11.1 Å². The first-order chi connectivity index (χ1) is 10.5. The van der Waals surface area contributed by atoms with E-state index < -0.39 is 0 Å². The van der Waals surface area contributed by atoms with Crippen LogP contribution in [0.25, 0.3) is 0 Å². The predicted octanol–water partition coefficient (Wildman–Crippen LogP) is 3.79. The van der Waals surface area contributed by atoms with Crippen LogP contribution in [0.15, 0.2) is 42.7 Å². The van der Waals surface area contributed by atoms with Gasteiger partial charge in [0.25, 0.3) is 5.91 Å². The highest BCUT2D eigenvalue weighted by molar-refractivity contribution is 5.94. The molecule has 1 heterocycles.